The van der Waals surface area contributed by atoms with Crippen molar-refractivity contribution in [1.82, 2.24) is 29.8 Å². The van der Waals surface area contributed by atoms with Crippen LogP contribution in [0.15, 0.2) is 49.1 Å². The number of carbonyl (C=O) groups excluding carboxylic acids is 1. The van der Waals surface area contributed by atoms with Gasteiger partial charge in [-0.3, -0.25) is 14.3 Å². The number of fused-ring (bicyclic) bond motifs is 1. The lowest BCUT2D eigenvalue weighted by Crippen LogP contribution is -2.41. The largest absolute Gasteiger partial charge is 0.497 e. The summed E-state index contributed by atoms with van der Waals surface area (Å²) < 4.78 is 12.5. The maximum absolute atomic E-state index is 12.1. The predicted molar refractivity (Wildman–Crippen MR) is 134 cm³/mol. The number of likely N-dealkylation sites (N-methyl/N-ethyl adjacent to an activating group) is 1. The van der Waals surface area contributed by atoms with Gasteiger partial charge in [-0.1, -0.05) is 23.7 Å². The third kappa shape index (κ3) is 4.79. The summed E-state index contributed by atoms with van der Waals surface area (Å²) in [6.07, 6.45) is -0.723. The molecule has 5 rings (SSSR count). The summed E-state index contributed by atoms with van der Waals surface area (Å²) >= 11 is 6.15. The van der Waals surface area contributed by atoms with Crippen molar-refractivity contribution in [2.45, 2.75) is 31.1 Å². The third-order valence-corrected chi connectivity index (χ3v) is 6.20. The van der Waals surface area contributed by atoms with E-state index in [1.165, 1.54) is 24.1 Å². The van der Waals surface area contributed by atoms with Crippen LogP contribution in [0.1, 0.15) is 11.8 Å². The normalized spacial score (nSPS) is 21.2. The van der Waals surface area contributed by atoms with Gasteiger partial charge in [-0.25, -0.2) is 15.0 Å². The van der Waals surface area contributed by atoms with Gasteiger partial charge in [0.25, 0.3) is 5.91 Å². The third-order valence-electron chi connectivity index (χ3n) is 6.00. The molecule has 4 aromatic rings. The summed E-state index contributed by atoms with van der Waals surface area (Å²) in [7, 11) is 3.02. The van der Waals surface area contributed by atoms with Gasteiger partial charge in [0, 0.05) is 31.5 Å². The van der Waals surface area contributed by atoms with E-state index in [0.29, 0.717) is 39.9 Å². The van der Waals surface area contributed by atoms with Crippen molar-refractivity contribution in [1.29, 1.82) is 0 Å². The second-order valence-corrected chi connectivity index (χ2v) is 8.80. The fourth-order valence-electron chi connectivity index (χ4n) is 4.11. The first-order valence-electron chi connectivity index (χ1n) is 11.3. The molecule has 12 nitrogen and oxygen atoms in total. The van der Waals surface area contributed by atoms with Crippen molar-refractivity contribution in [3.05, 3.63) is 59.6 Å². The van der Waals surface area contributed by atoms with Crippen molar-refractivity contribution < 1.29 is 24.5 Å². The molecule has 1 fully saturated rings. The van der Waals surface area contributed by atoms with Crippen molar-refractivity contribution in [2.75, 3.05) is 19.5 Å². The Morgan fingerprint density at radius 2 is 2.05 bits per heavy atom. The van der Waals surface area contributed by atoms with E-state index >= 15 is 0 Å². The molecule has 3 aromatic heterocycles. The topological polar surface area (TPSA) is 157 Å². The standard InChI is InChI=1S/C24H24ClN7O5/c1-26-23(35)19-17(33)18(34)24(37-19)32-11-29-16-21(28-8-12-4-3-5-15(6-12)36-2)30-20(31-22(16)32)13-7-14(25)10-27-9-13/h3-7,9-11,17-19,24,33-34H,8H2,1-2H3,(H,26,35)(H,28,30,31)/t17-,18+,19-,24-/m0/s1. The van der Waals surface area contributed by atoms with E-state index < -0.39 is 30.4 Å². The molecule has 0 radical (unpaired) electrons. The average Bonchev–Trinajstić information content (AvgIpc) is 3.47. The van der Waals surface area contributed by atoms with Crippen LogP contribution in [-0.4, -0.2) is 73.1 Å². The van der Waals surface area contributed by atoms with E-state index in [4.69, 9.17) is 21.1 Å². The molecule has 13 heteroatoms. The van der Waals surface area contributed by atoms with Gasteiger partial charge in [-0.05, 0) is 23.8 Å². The van der Waals surface area contributed by atoms with Crippen LogP contribution in [0, 0.1) is 0 Å². The zero-order valence-corrected chi connectivity index (χ0v) is 20.6. The van der Waals surface area contributed by atoms with Gasteiger partial charge in [-0.2, -0.15) is 0 Å². The predicted octanol–water partition coefficient (Wildman–Crippen LogP) is 1.53. The number of nitrogens with one attached hydrogen (secondary N) is 2. The molecule has 0 aliphatic carbocycles. The van der Waals surface area contributed by atoms with E-state index in [-0.39, 0.29) is 0 Å². The molecule has 1 aliphatic rings. The lowest BCUT2D eigenvalue weighted by molar-refractivity contribution is -0.137. The number of anilines is 1. The Balaban J connectivity index is 1.57. The fourth-order valence-corrected chi connectivity index (χ4v) is 4.28. The van der Waals surface area contributed by atoms with Crippen molar-refractivity contribution in [3.63, 3.8) is 0 Å². The smallest absolute Gasteiger partial charge is 0.251 e. The highest BCUT2D eigenvalue weighted by atomic mass is 35.5. The number of amides is 1. The number of carbonyl (C=O) groups is 1. The molecule has 192 valence electrons. The molecule has 0 bridgehead atoms. The first kappa shape index (κ1) is 24.8. The van der Waals surface area contributed by atoms with Gasteiger partial charge in [0.15, 0.2) is 35.1 Å². The fraction of sp³-hybridized carbons (Fsp3) is 0.292. The van der Waals surface area contributed by atoms with Crippen LogP contribution in [0.2, 0.25) is 5.02 Å². The molecule has 37 heavy (non-hydrogen) atoms. The second kappa shape index (κ2) is 10.3. The quantitative estimate of drug-likeness (QED) is 0.279. The maximum atomic E-state index is 12.1. The molecule has 4 N–H and O–H groups in total. The van der Waals surface area contributed by atoms with Crippen LogP contribution in [0.25, 0.3) is 22.6 Å². The number of halogens is 1. The number of pyridine rings is 1. The first-order valence-corrected chi connectivity index (χ1v) is 11.7. The van der Waals surface area contributed by atoms with E-state index in [9.17, 15) is 15.0 Å². The highest BCUT2D eigenvalue weighted by Gasteiger charge is 2.47. The van der Waals surface area contributed by atoms with E-state index in [0.717, 1.165) is 11.3 Å². The van der Waals surface area contributed by atoms with Crippen LogP contribution < -0.4 is 15.4 Å². The minimum atomic E-state index is -1.44. The molecule has 4 heterocycles. The van der Waals surface area contributed by atoms with Crippen LogP contribution in [0.5, 0.6) is 5.75 Å². The van der Waals surface area contributed by atoms with Crippen LogP contribution in [0.3, 0.4) is 0 Å². The van der Waals surface area contributed by atoms with E-state index in [2.05, 4.69) is 30.6 Å². The molecule has 1 saturated heterocycles. The van der Waals surface area contributed by atoms with Crippen molar-refractivity contribution in [2.24, 2.45) is 0 Å². The zero-order valence-electron chi connectivity index (χ0n) is 19.9. The highest BCUT2D eigenvalue weighted by molar-refractivity contribution is 6.30. The van der Waals surface area contributed by atoms with Crippen LogP contribution in [-0.2, 0) is 16.1 Å². The molecule has 1 aliphatic heterocycles. The van der Waals surface area contributed by atoms with Gasteiger partial charge in [0.2, 0.25) is 0 Å². The number of methoxy groups -OCH3 is 1. The molecule has 1 amide bonds. The maximum Gasteiger partial charge on any atom is 0.251 e. The summed E-state index contributed by atoms with van der Waals surface area (Å²) in [5.74, 6) is 0.879. The summed E-state index contributed by atoms with van der Waals surface area (Å²) in [6.45, 7) is 0.406. The second-order valence-electron chi connectivity index (χ2n) is 8.36. The number of rotatable bonds is 7. The Morgan fingerprint density at radius 3 is 2.81 bits per heavy atom. The zero-order chi connectivity index (χ0) is 26.1. The summed E-state index contributed by atoms with van der Waals surface area (Å²) in [4.78, 5) is 30.0. The number of nitrogens with zero attached hydrogens (tertiary/aromatic N) is 5. The molecule has 0 spiro atoms. The van der Waals surface area contributed by atoms with Crippen molar-refractivity contribution in [3.8, 4) is 17.1 Å². The Bertz CT molecular complexity index is 1450. The highest BCUT2D eigenvalue weighted by Crippen LogP contribution is 2.34. The lowest BCUT2D eigenvalue weighted by atomic mass is 10.1. The van der Waals surface area contributed by atoms with Crippen LogP contribution in [0.4, 0.5) is 5.82 Å². The number of imidazole rings is 1. The van der Waals surface area contributed by atoms with Gasteiger partial charge < -0.3 is 30.3 Å². The molecule has 0 saturated carbocycles. The Hall–Kier alpha value is -3.84. The van der Waals surface area contributed by atoms with Gasteiger partial charge in [-0.15, -0.1) is 0 Å². The summed E-state index contributed by atoms with van der Waals surface area (Å²) in [5.41, 5.74) is 2.22. The van der Waals surface area contributed by atoms with Gasteiger partial charge in [0.1, 0.15) is 18.0 Å². The minimum Gasteiger partial charge on any atom is -0.497 e. The van der Waals surface area contributed by atoms with Gasteiger partial charge >= 0.3 is 0 Å². The number of benzene rings is 1. The average molecular weight is 526 g/mol. The van der Waals surface area contributed by atoms with E-state index in [1.54, 1.807) is 19.4 Å². The number of aromatic nitrogens is 5. The Morgan fingerprint density at radius 1 is 1.22 bits per heavy atom. The van der Waals surface area contributed by atoms with Crippen molar-refractivity contribution >= 4 is 34.5 Å². The van der Waals surface area contributed by atoms with Gasteiger partial charge in [0.05, 0.1) is 18.5 Å². The summed E-state index contributed by atoms with van der Waals surface area (Å²) in [5, 5.41) is 27.2. The number of hydrogen-bond acceptors (Lipinski definition) is 10. The molecule has 4 atom stereocenters. The summed E-state index contributed by atoms with van der Waals surface area (Å²) in [6, 6.07) is 9.25. The minimum absolute atomic E-state index is 0.299. The first-order chi connectivity index (χ1) is 17.9. The Kier molecular flexibility index (Phi) is 6.89. The van der Waals surface area contributed by atoms with E-state index in [1.807, 2.05) is 24.3 Å². The molecular formula is C24H24ClN7O5. The number of hydrogen-bond donors (Lipinski definition) is 4. The van der Waals surface area contributed by atoms with Crippen LogP contribution >= 0.6 is 11.6 Å². The molecule has 1 aromatic carbocycles. The number of ether oxygens (including phenoxy) is 2. The Labute approximate surface area is 216 Å². The molecular weight excluding hydrogens is 502 g/mol. The molecule has 0 unspecified atom stereocenters. The lowest BCUT2D eigenvalue weighted by Gasteiger charge is -2.17. The monoisotopic (exact) mass is 525 g/mol. The SMILES string of the molecule is CNC(=O)[C@H]1O[C@H](n2cnc3c(NCc4cccc(OC)c4)nc(-c4cncc(Cl)c4)nc32)[C@H](O)[C@@H]1O. The number of aliphatic hydroxyl groups is 2. The number of aliphatic hydroxyl groups excluding tert-OH is 2.